The Labute approximate surface area is 186 Å². The van der Waals surface area contributed by atoms with Gasteiger partial charge in [-0.05, 0) is 18.2 Å². The van der Waals surface area contributed by atoms with Crippen molar-refractivity contribution >= 4 is 39.0 Å². The smallest absolute Gasteiger partial charge is 0.350 e. The minimum Gasteiger partial charge on any atom is -0.493 e. The highest BCUT2D eigenvalue weighted by atomic mass is 35.5. The molecule has 0 aliphatic rings. The number of esters is 1. The maximum absolute atomic E-state index is 12.5. The first-order valence-electron chi connectivity index (χ1n) is 9.02. The number of ether oxygens (including phenoxy) is 4. The number of nitrogens with zero attached hydrogens (tertiary/aromatic N) is 2. The van der Waals surface area contributed by atoms with E-state index in [-0.39, 0.29) is 18.4 Å². The van der Waals surface area contributed by atoms with Crippen LogP contribution in [0.1, 0.15) is 15.6 Å². The lowest BCUT2D eigenvalue weighted by molar-refractivity contribution is 0.0445. The number of rotatable bonds is 7. The normalized spacial score (nSPS) is 10.8. The van der Waals surface area contributed by atoms with Crippen molar-refractivity contribution in [2.75, 3.05) is 21.3 Å². The lowest BCUT2D eigenvalue weighted by atomic mass is 10.2. The summed E-state index contributed by atoms with van der Waals surface area (Å²) in [6, 6.07) is 10.9. The molecule has 2 heterocycles. The first-order chi connectivity index (χ1) is 15.0. The minimum atomic E-state index is -0.557. The van der Waals surface area contributed by atoms with E-state index >= 15 is 0 Å². The molecule has 31 heavy (non-hydrogen) atoms. The molecule has 8 nitrogen and oxygen atoms in total. The number of hydrogen-bond acceptors (Lipinski definition) is 9. The van der Waals surface area contributed by atoms with E-state index in [9.17, 15) is 4.79 Å². The van der Waals surface area contributed by atoms with E-state index in [0.29, 0.717) is 32.7 Å². The van der Waals surface area contributed by atoms with Crippen molar-refractivity contribution in [2.45, 2.75) is 6.61 Å². The lowest BCUT2D eigenvalue weighted by Gasteiger charge is -2.12. The third-order valence-electron chi connectivity index (χ3n) is 4.43. The van der Waals surface area contributed by atoms with Crippen molar-refractivity contribution in [2.24, 2.45) is 0 Å². The SMILES string of the molecule is COc1cc(-c2nnc(COC(=O)c3sc4ccccc4c3Cl)o2)cc(OC)c1OC. The molecule has 0 saturated carbocycles. The second-order valence-corrected chi connectivity index (χ2v) is 7.66. The lowest BCUT2D eigenvalue weighted by Crippen LogP contribution is -2.04. The van der Waals surface area contributed by atoms with Gasteiger partial charge in [-0.15, -0.1) is 21.5 Å². The molecule has 4 aromatic rings. The van der Waals surface area contributed by atoms with Crippen LogP contribution >= 0.6 is 22.9 Å². The highest BCUT2D eigenvalue weighted by Gasteiger charge is 2.21. The van der Waals surface area contributed by atoms with E-state index in [1.54, 1.807) is 12.1 Å². The van der Waals surface area contributed by atoms with Crippen LogP contribution in [0, 0.1) is 0 Å². The van der Waals surface area contributed by atoms with Crippen LogP contribution < -0.4 is 14.2 Å². The third kappa shape index (κ3) is 4.01. The summed E-state index contributed by atoms with van der Waals surface area (Å²) in [4.78, 5) is 12.8. The summed E-state index contributed by atoms with van der Waals surface area (Å²) in [5.74, 6) is 1.13. The Balaban J connectivity index is 1.52. The van der Waals surface area contributed by atoms with Gasteiger partial charge >= 0.3 is 5.97 Å². The summed E-state index contributed by atoms with van der Waals surface area (Å²) < 4.78 is 27.8. The van der Waals surface area contributed by atoms with Gasteiger partial charge in [-0.25, -0.2) is 4.79 Å². The zero-order chi connectivity index (χ0) is 22.0. The summed E-state index contributed by atoms with van der Waals surface area (Å²) in [6.07, 6.45) is 0. The molecule has 160 valence electrons. The Bertz CT molecular complexity index is 1230. The van der Waals surface area contributed by atoms with Crippen molar-refractivity contribution in [3.05, 3.63) is 52.2 Å². The first-order valence-corrected chi connectivity index (χ1v) is 10.2. The Hall–Kier alpha value is -3.30. The highest BCUT2D eigenvalue weighted by molar-refractivity contribution is 7.21. The fourth-order valence-electron chi connectivity index (χ4n) is 2.97. The fourth-order valence-corrected chi connectivity index (χ4v) is 4.37. The van der Waals surface area contributed by atoms with E-state index in [1.807, 2.05) is 24.3 Å². The van der Waals surface area contributed by atoms with Crippen molar-refractivity contribution in [3.63, 3.8) is 0 Å². The molecule has 0 N–H and O–H groups in total. The quantitative estimate of drug-likeness (QED) is 0.356. The number of thiophene rings is 1. The fraction of sp³-hybridized carbons (Fsp3) is 0.190. The third-order valence-corrected chi connectivity index (χ3v) is 6.08. The molecule has 0 aliphatic heterocycles. The van der Waals surface area contributed by atoms with Gasteiger partial charge in [0.2, 0.25) is 11.6 Å². The van der Waals surface area contributed by atoms with Crippen molar-refractivity contribution in [1.29, 1.82) is 0 Å². The van der Waals surface area contributed by atoms with Crippen LogP contribution in [0.25, 0.3) is 21.5 Å². The maximum Gasteiger partial charge on any atom is 0.350 e. The molecule has 4 rings (SSSR count). The van der Waals surface area contributed by atoms with Crippen molar-refractivity contribution < 1.29 is 28.2 Å². The summed E-state index contributed by atoms with van der Waals surface area (Å²) in [5, 5.41) is 9.13. The van der Waals surface area contributed by atoms with Gasteiger partial charge in [-0.2, -0.15) is 0 Å². The minimum absolute atomic E-state index is 0.134. The van der Waals surface area contributed by atoms with Crippen LogP contribution in [0.3, 0.4) is 0 Å². The molecule has 0 atom stereocenters. The van der Waals surface area contributed by atoms with Gasteiger partial charge in [0.25, 0.3) is 5.89 Å². The second-order valence-electron chi connectivity index (χ2n) is 6.23. The number of hydrogen-bond donors (Lipinski definition) is 0. The first kappa shape index (κ1) is 21.0. The predicted molar refractivity (Wildman–Crippen MR) is 115 cm³/mol. The molecule has 2 aromatic carbocycles. The zero-order valence-corrected chi connectivity index (χ0v) is 18.4. The van der Waals surface area contributed by atoms with E-state index in [2.05, 4.69) is 10.2 Å². The summed E-state index contributed by atoms with van der Waals surface area (Å²) >= 11 is 7.59. The molecule has 0 fully saturated rings. The molecule has 0 unspecified atom stereocenters. The van der Waals surface area contributed by atoms with Crippen LogP contribution in [0.4, 0.5) is 0 Å². The maximum atomic E-state index is 12.5. The number of carbonyl (C=O) groups is 1. The van der Waals surface area contributed by atoms with E-state index in [0.717, 1.165) is 10.1 Å². The Morgan fingerprint density at radius 3 is 2.42 bits per heavy atom. The summed E-state index contributed by atoms with van der Waals surface area (Å²) in [6.45, 7) is -0.194. The number of halogens is 1. The van der Waals surface area contributed by atoms with Crippen LogP contribution in [0.15, 0.2) is 40.8 Å². The molecule has 0 aliphatic carbocycles. The Morgan fingerprint density at radius 1 is 1.06 bits per heavy atom. The zero-order valence-electron chi connectivity index (χ0n) is 16.8. The highest BCUT2D eigenvalue weighted by Crippen LogP contribution is 2.41. The van der Waals surface area contributed by atoms with Crippen LogP contribution in [0.2, 0.25) is 5.02 Å². The number of methoxy groups -OCH3 is 3. The monoisotopic (exact) mass is 460 g/mol. The molecule has 0 saturated heterocycles. The van der Waals surface area contributed by atoms with Crippen molar-refractivity contribution in [3.8, 4) is 28.7 Å². The Kier molecular flexibility index (Phi) is 5.97. The van der Waals surface area contributed by atoms with Gasteiger partial charge in [-0.3, -0.25) is 0 Å². The molecule has 0 amide bonds. The van der Waals surface area contributed by atoms with Gasteiger partial charge in [-0.1, -0.05) is 29.8 Å². The van der Waals surface area contributed by atoms with Crippen LogP contribution in [0.5, 0.6) is 17.2 Å². The molecule has 10 heteroatoms. The predicted octanol–water partition coefficient (Wildman–Crippen LogP) is 4.99. The Morgan fingerprint density at radius 2 is 1.77 bits per heavy atom. The molecular formula is C21H17ClN2O6S. The molecule has 0 spiro atoms. The van der Waals surface area contributed by atoms with E-state index in [4.69, 9.17) is 35.0 Å². The van der Waals surface area contributed by atoms with E-state index in [1.165, 1.54) is 32.7 Å². The summed E-state index contributed by atoms with van der Waals surface area (Å²) in [7, 11) is 4.54. The van der Waals surface area contributed by atoms with Gasteiger partial charge in [0.15, 0.2) is 18.1 Å². The average Bonchev–Trinajstić information content (AvgIpc) is 3.41. The summed E-state index contributed by atoms with van der Waals surface area (Å²) in [5.41, 5.74) is 0.562. The van der Waals surface area contributed by atoms with Crippen LogP contribution in [-0.4, -0.2) is 37.5 Å². The number of benzene rings is 2. The molecule has 0 radical (unpaired) electrons. The number of carbonyl (C=O) groups excluding carboxylic acids is 1. The molecular weight excluding hydrogens is 444 g/mol. The molecule has 0 bridgehead atoms. The standard InChI is InChI=1S/C21H17ClN2O6S/c1-26-13-8-11(9-14(27-2)18(13)28-3)20-24-23-16(30-20)10-29-21(25)19-17(22)12-6-4-5-7-15(12)31-19/h4-9H,10H2,1-3H3. The van der Waals surface area contributed by atoms with Crippen LogP contribution in [-0.2, 0) is 11.3 Å². The largest absolute Gasteiger partial charge is 0.493 e. The second kappa shape index (κ2) is 8.83. The van der Waals surface area contributed by atoms with E-state index < -0.39 is 5.97 Å². The van der Waals surface area contributed by atoms with Gasteiger partial charge in [0.05, 0.1) is 26.4 Å². The van der Waals surface area contributed by atoms with Gasteiger partial charge in [0.1, 0.15) is 4.88 Å². The topological polar surface area (TPSA) is 92.9 Å². The average molecular weight is 461 g/mol. The molecule has 2 aromatic heterocycles. The van der Waals surface area contributed by atoms with Gasteiger partial charge < -0.3 is 23.4 Å². The number of fused-ring (bicyclic) bond motifs is 1. The number of aromatic nitrogens is 2. The van der Waals surface area contributed by atoms with Gasteiger partial charge in [0, 0.05) is 15.6 Å². The van der Waals surface area contributed by atoms with Crippen molar-refractivity contribution in [1.82, 2.24) is 10.2 Å².